The Kier molecular flexibility index (Phi) is 4.33. The van der Waals surface area contributed by atoms with Crippen molar-refractivity contribution in [1.82, 2.24) is 9.55 Å². The summed E-state index contributed by atoms with van der Waals surface area (Å²) in [7, 11) is 0. The highest BCUT2D eigenvalue weighted by molar-refractivity contribution is 14.1. The van der Waals surface area contributed by atoms with Crippen LogP contribution < -0.4 is 0 Å². The fourth-order valence-electron chi connectivity index (χ4n) is 2.39. The highest BCUT2D eigenvalue weighted by Crippen LogP contribution is 2.37. The van der Waals surface area contributed by atoms with Gasteiger partial charge in [-0.25, -0.2) is 4.98 Å². The number of phenolic OH excluding ortho intramolecular Hbond substituents is 1. The number of aromatic nitrogens is 2. The quantitative estimate of drug-likeness (QED) is 0.463. The molecular weight excluding hydrogens is 513 g/mol. The molecule has 1 aromatic heterocycles. The first kappa shape index (κ1) is 15.4. The van der Waals surface area contributed by atoms with Gasteiger partial charge in [-0.3, -0.25) is 0 Å². The Bertz CT molecular complexity index is 845. The van der Waals surface area contributed by atoms with Crippen molar-refractivity contribution >= 4 is 67.8 Å². The van der Waals surface area contributed by atoms with Gasteiger partial charge in [0.05, 0.1) is 25.2 Å². The second-order valence-corrected chi connectivity index (χ2v) is 7.39. The third-order valence-corrected chi connectivity index (χ3v) is 5.05. The number of aromatic hydroxyl groups is 1. The van der Waals surface area contributed by atoms with Crippen LogP contribution in [0, 0.1) is 7.14 Å². The minimum atomic E-state index is 0.261. The van der Waals surface area contributed by atoms with Crippen LogP contribution in [0.2, 0.25) is 5.02 Å². The first-order valence-electron chi connectivity index (χ1n) is 6.36. The standard InChI is InChI=1S/C15H11ClI2N2O/c1-2-20-13-10(16)4-3-5-12(13)19-15(20)9-6-8(17)7-11(18)14(9)21/h3-7,21H,2H2,1H3. The van der Waals surface area contributed by atoms with Crippen LogP contribution in [0.4, 0.5) is 0 Å². The molecule has 0 unspecified atom stereocenters. The van der Waals surface area contributed by atoms with Crippen molar-refractivity contribution in [2.75, 3.05) is 0 Å². The molecular formula is C15H11ClI2N2O. The highest BCUT2D eigenvalue weighted by atomic mass is 127. The van der Waals surface area contributed by atoms with E-state index in [0.29, 0.717) is 5.02 Å². The fourth-order valence-corrected chi connectivity index (χ4v) is 4.51. The molecule has 0 saturated heterocycles. The van der Waals surface area contributed by atoms with E-state index in [-0.39, 0.29) is 5.75 Å². The lowest BCUT2D eigenvalue weighted by atomic mass is 10.2. The molecule has 0 bridgehead atoms. The molecule has 0 atom stereocenters. The number of phenols is 1. The molecule has 3 nitrogen and oxygen atoms in total. The zero-order chi connectivity index (χ0) is 15.1. The van der Waals surface area contributed by atoms with Gasteiger partial charge in [0, 0.05) is 10.1 Å². The molecule has 1 N–H and O–H groups in total. The van der Waals surface area contributed by atoms with Crippen LogP contribution in [0.15, 0.2) is 30.3 Å². The van der Waals surface area contributed by atoms with E-state index in [1.807, 2.05) is 41.8 Å². The summed E-state index contributed by atoms with van der Waals surface area (Å²) in [6.07, 6.45) is 0. The smallest absolute Gasteiger partial charge is 0.144 e. The van der Waals surface area contributed by atoms with Crippen molar-refractivity contribution in [3.63, 3.8) is 0 Å². The Balaban J connectivity index is 2.38. The molecule has 0 saturated carbocycles. The van der Waals surface area contributed by atoms with Gasteiger partial charge in [0.15, 0.2) is 0 Å². The average molecular weight is 525 g/mol. The van der Waals surface area contributed by atoms with E-state index in [0.717, 1.165) is 36.1 Å². The first-order chi connectivity index (χ1) is 10.0. The Morgan fingerprint density at radius 2 is 2.05 bits per heavy atom. The van der Waals surface area contributed by atoms with Crippen molar-refractivity contribution in [2.24, 2.45) is 0 Å². The molecule has 0 spiro atoms. The van der Waals surface area contributed by atoms with Gasteiger partial charge in [-0.2, -0.15) is 0 Å². The summed E-state index contributed by atoms with van der Waals surface area (Å²) >= 11 is 10.7. The number of hydrogen-bond acceptors (Lipinski definition) is 2. The van der Waals surface area contributed by atoms with Crippen molar-refractivity contribution < 1.29 is 5.11 Å². The minimum Gasteiger partial charge on any atom is -0.506 e. The third-order valence-electron chi connectivity index (χ3n) is 3.30. The molecule has 1 heterocycles. The number of aryl methyl sites for hydroxylation is 1. The molecule has 3 aromatic rings. The Morgan fingerprint density at radius 1 is 1.29 bits per heavy atom. The normalized spacial score (nSPS) is 11.2. The number of hydrogen-bond donors (Lipinski definition) is 1. The van der Waals surface area contributed by atoms with Gasteiger partial charge in [0.1, 0.15) is 11.6 Å². The SMILES string of the molecule is CCn1c(-c2cc(I)cc(I)c2O)nc2cccc(Cl)c21. The lowest BCUT2D eigenvalue weighted by Crippen LogP contribution is -1.99. The fraction of sp³-hybridized carbons (Fsp3) is 0.133. The average Bonchev–Trinajstić information content (AvgIpc) is 2.82. The van der Waals surface area contributed by atoms with Crippen LogP contribution in [0.25, 0.3) is 22.4 Å². The maximum absolute atomic E-state index is 10.4. The number of nitrogens with zero attached hydrogens (tertiary/aromatic N) is 2. The number of halogens is 3. The summed E-state index contributed by atoms with van der Waals surface area (Å²) < 4.78 is 3.92. The van der Waals surface area contributed by atoms with Crippen molar-refractivity contribution in [3.05, 3.63) is 42.5 Å². The van der Waals surface area contributed by atoms with E-state index in [2.05, 4.69) is 50.2 Å². The van der Waals surface area contributed by atoms with E-state index >= 15 is 0 Å². The Labute approximate surface area is 154 Å². The van der Waals surface area contributed by atoms with E-state index in [4.69, 9.17) is 11.6 Å². The molecule has 0 radical (unpaired) electrons. The van der Waals surface area contributed by atoms with Crippen LogP contribution in [0.3, 0.4) is 0 Å². The molecule has 0 fully saturated rings. The van der Waals surface area contributed by atoms with Crippen LogP contribution in [0.1, 0.15) is 6.92 Å². The van der Waals surface area contributed by atoms with Crippen LogP contribution in [0.5, 0.6) is 5.75 Å². The minimum absolute atomic E-state index is 0.261. The van der Waals surface area contributed by atoms with Crippen molar-refractivity contribution in [3.8, 4) is 17.1 Å². The van der Waals surface area contributed by atoms with Crippen molar-refractivity contribution in [1.29, 1.82) is 0 Å². The largest absolute Gasteiger partial charge is 0.506 e. The van der Waals surface area contributed by atoms with Gasteiger partial charge < -0.3 is 9.67 Å². The second-order valence-electron chi connectivity index (χ2n) is 4.57. The van der Waals surface area contributed by atoms with Gasteiger partial charge in [-0.1, -0.05) is 17.7 Å². The topological polar surface area (TPSA) is 38.0 Å². The lowest BCUT2D eigenvalue weighted by Gasteiger charge is -2.10. The number of imidazole rings is 1. The maximum Gasteiger partial charge on any atom is 0.144 e. The van der Waals surface area contributed by atoms with E-state index in [1.54, 1.807) is 0 Å². The van der Waals surface area contributed by atoms with Gasteiger partial charge in [0.2, 0.25) is 0 Å². The Morgan fingerprint density at radius 3 is 2.76 bits per heavy atom. The molecule has 21 heavy (non-hydrogen) atoms. The molecule has 0 aliphatic rings. The number of para-hydroxylation sites is 1. The molecule has 0 amide bonds. The zero-order valence-corrected chi connectivity index (χ0v) is 16.1. The van der Waals surface area contributed by atoms with E-state index in [1.165, 1.54) is 0 Å². The van der Waals surface area contributed by atoms with E-state index < -0.39 is 0 Å². The molecule has 108 valence electrons. The summed E-state index contributed by atoms with van der Waals surface area (Å²) in [5.74, 6) is 1.01. The van der Waals surface area contributed by atoms with Crippen LogP contribution in [-0.4, -0.2) is 14.7 Å². The predicted molar refractivity (Wildman–Crippen MR) is 103 cm³/mol. The maximum atomic E-state index is 10.4. The van der Waals surface area contributed by atoms with Crippen LogP contribution >= 0.6 is 56.8 Å². The van der Waals surface area contributed by atoms with Crippen molar-refractivity contribution in [2.45, 2.75) is 13.5 Å². The van der Waals surface area contributed by atoms with Gasteiger partial charge in [0.25, 0.3) is 0 Å². The highest BCUT2D eigenvalue weighted by Gasteiger charge is 2.18. The molecule has 3 rings (SSSR count). The monoisotopic (exact) mass is 524 g/mol. The summed E-state index contributed by atoms with van der Waals surface area (Å²) in [5, 5.41) is 11.1. The molecule has 0 aliphatic carbocycles. The summed E-state index contributed by atoms with van der Waals surface area (Å²) in [6, 6.07) is 9.57. The van der Waals surface area contributed by atoms with Gasteiger partial charge in [-0.15, -0.1) is 0 Å². The Hall–Kier alpha value is -0.540. The summed E-state index contributed by atoms with van der Waals surface area (Å²) in [4.78, 5) is 4.67. The summed E-state index contributed by atoms with van der Waals surface area (Å²) in [5.41, 5.74) is 2.48. The van der Waals surface area contributed by atoms with E-state index in [9.17, 15) is 5.11 Å². The molecule has 0 aliphatic heterocycles. The van der Waals surface area contributed by atoms with Gasteiger partial charge >= 0.3 is 0 Å². The summed E-state index contributed by atoms with van der Waals surface area (Å²) in [6.45, 7) is 2.78. The van der Waals surface area contributed by atoms with Gasteiger partial charge in [-0.05, 0) is 76.4 Å². The third kappa shape index (κ3) is 2.63. The molecule has 6 heteroatoms. The number of rotatable bonds is 2. The first-order valence-corrected chi connectivity index (χ1v) is 8.89. The number of benzene rings is 2. The number of fused-ring (bicyclic) bond motifs is 1. The predicted octanol–water partition coefficient (Wildman–Crippen LogP) is 5.29. The second kappa shape index (κ2) is 5.92. The zero-order valence-electron chi connectivity index (χ0n) is 11.1. The van der Waals surface area contributed by atoms with Crippen LogP contribution in [-0.2, 0) is 6.54 Å². The lowest BCUT2D eigenvalue weighted by molar-refractivity contribution is 0.472. The molecule has 2 aromatic carbocycles.